The number of rotatable bonds is 1. The third-order valence-corrected chi connectivity index (χ3v) is 4.34. The van der Waals surface area contributed by atoms with Crippen molar-refractivity contribution in [2.24, 2.45) is 5.92 Å². The Bertz CT molecular complexity index is 325. The molecule has 0 saturated heterocycles. The van der Waals surface area contributed by atoms with E-state index in [1.165, 1.54) is 34.9 Å². The number of halogens is 1. The molecule has 70 valence electrons. The van der Waals surface area contributed by atoms with Crippen molar-refractivity contribution >= 4 is 32.8 Å². The molecule has 0 aromatic carbocycles. The minimum Gasteiger partial charge on any atom is -0.151 e. The van der Waals surface area contributed by atoms with Crippen LogP contribution < -0.4 is 0 Å². The lowest BCUT2D eigenvalue weighted by Crippen LogP contribution is -2.00. The normalized spacial score (nSPS) is 22.9. The summed E-state index contributed by atoms with van der Waals surface area (Å²) in [7, 11) is 0. The fourth-order valence-corrected chi connectivity index (χ4v) is 3.29. The number of hydrogen-bond donors (Lipinski definition) is 0. The molecule has 1 aromatic rings. The minimum atomic E-state index is 0.876. The number of allylic oxidation sites excluding steroid dienone is 2. The van der Waals surface area contributed by atoms with Crippen LogP contribution in [0.2, 0.25) is 0 Å². The Kier molecular flexibility index (Phi) is 2.89. The van der Waals surface area contributed by atoms with Crippen molar-refractivity contribution in [1.29, 1.82) is 0 Å². The summed E-state index contributed by atoms with van der Waals surface area (Å²) in [6.45, 7) is 2.33. The van der Waals surface area contributed by atoms with Crippen LogP contribution >= 0.6 is 27.3 Å². The highest BCUT2D eigenvalue weighted by Crippen LogP contribution is 2.35. The van der Waals surface area contributed by atoms with E-state index in [4.69, 9.17) is 0 Å². The second-order valence-electron chi connectivity index (χ2n) is 3.74. The van der Waals surface area contributed by atoms with Gasteiger partial charge < -0.3 is 0 Å². The van der Waals surface area contributed by atoms with Crippen LogP contribution in [-0.4, -0.2) is 0 Å². The molecule has 1 unspecified atom stereocenters. The average molecular weight is 257 g/mol. The van der Waals surface area contributed by atoms with Gasteiger partial charge >= 0.3 is 0 Å². The first-order chi connectivity index (χ1) is 6.27. The summed E-state index contributed by atoms with van der Waals surface area (Å²) in [5, 5.41) is 4.40. The Morgan fingerprint density at radius 3 is 2.85 bits per heavy atom. The summed E-state index contributed by atoms with van der Waals surface area (Å²) in [5.74, 6) is 0.876. The smallest absolute Gasteiger partial charge is 0.0357 e. The molecule has 1 atom stereocenters. The van der Waals surface area contributed by atoms with Crippen molar-refractivity contribution in [3.63, 3.8) is 0 Å². The molecular formula is C11H13BrS. The summed E-state index contributed by atoms with van der Waals surface area (Å²) in [4.78, 5) is 0. The molecule has 2 rings (SSSR count). The van der Waals surface area contributed by atoms with E-state index >= 15 is 0 Å². The third kappa shape index (κ3) is 2.05. The number of hydrogen-bond acceptors (Lipinski definition) is 1. The first-order valence-electron chi connectivity index (χ1n) is 4.68. The van der Waals surface area contributed by atoms with Crippen LogP contribution in [0, 0.1) is 5.92 Å². The zero-order valence-corrected chi connectivity index (χ0v) is 10.1. The van der Waals surface area contributed by atoms with Crippen LogP contribution in [0.5, 0.6) is 0 Å². The lowest BCUT2D eigenvalue weighted by atomic mass is 9.89. The molecule has 1 aromatic heterocycles. The van der Waals surface area contributed by atoms with Crippen molar-refractivity contribution < 1.29 is 0 Å². The predicted octanol–water partition coefficient (Wildman–Crippen LogP) is 4.71. The van der Waals surface area contributed by atoms with Gasteiger partial charge in [-0.2, -0.15) is 11.3 Å². The van der Waals surface area contributed by atoms with Crippen molar-refractivity contribution in [2.75, 3.05) is 0 Å². The Morgan fingerprint density at radius 2 is 2.31 bits per heavy atom. The molecule has 0 N–H and O–H groups in total. The van der Waals surface area contributed by atoms with Gasteiger partial charge in [-0.05, 0) is 52.1 Å². The first kappa shape index (κ1) is 9.47. The molecule has 13 heavy (non-hydrogen) atoms. The molecule has 1 heterocycles. The molecular weight excluding hydrogens is 244 g/mol. The van der Waals surface area contributed by atoms with Gasteiger partial charge in [0.25, 0.3) is 0 Å². The van der Waals surface area contributed by atoms with Crippen LogP contribution in [0.1, 0.15) is 31.7 Å². The monoisotopic (exact) mass is 256 g/mol. The number of thiophene rings is 1. The van der Waals surface area contributed by atoms with E-state index < -0.39 is 0 Å². The maximum Gasteiger partial charge on any atom is 0.0357 e. The van der Waals surface area contributed by atoms with E-state index in [2.05, 4.69) is 39.7 Å². The Labute approximate surface area is 91.8 Å². The highest BCUT2D eigenvalue weighted by molar-refractivity contribution is 9.10. The zero-order valence-electron chi connectivity index (χ0n) is 7.72. The van der Waals surface area contributed by atoms with Gasteiger partial charge in [-0.25, -0.2) is 0 Å². The fraction of sp³-hybridized carbons (Fsp3) is 0.455. The molecule has 0 radical (unpaired) electrons. The van der Waals surface area contributed by atoms with Gasteiger partial charge in [0.15, 0.2) is 0 Å². The summed E-state index contributed by atoms with van der Waals surface area (Å²) < 4.78 is 1.26. The van der Waals surface area contributed by atoms with Gasteiger partial charge in [-0.15, -0.1) is 0 Å². The van der Waals surface area contributed by atoms with E-state index in [0.29, 0.717) is 0 Å². The molecule has 0 saturated carbocycles. The predicted molar refractivity (Wildman–Crippen MR) is 63.0 cm³/mol. The van der Waals surface area contributed by atoms with Gasteiger partial charge in [0.1, 0.15) is 0 Å². The lowest BCUT2D eigenvalue weighted by molar-refractivity contribution is 0.534. The maximum atomic E-state index is 3.59. The lowest BCUT2D eigenvalue weighted by Gasteiger charge is -2.17. The summed E-state index contributed by atoms with van der Waals surface area (Å²) in [6, 6.07) is 0. The van der Waals surface area contributed by atoms with Crippen molar-refractivity contribution in [3.8, 4) is 0 Å². The molecule has 0 bridgehead atoms. The largest absolute Gasteiger partial charge is 0.151 e. The van der Waals surface area contributed by atoms with Crippen molar-refractivity contribution in [1.82, 2.24) is 0 Å². The van der Waals surface area contributed by atoms with E-state index in [9.17, 15) is 0 Å². The van der Waals surface area contributed by atoms with E-state index in [1.54, 1.807) is 11.3 Å². The topological polar surface area (TPSA) is 0 Å². The van der Waals surface area contributed by atoms with Crippen LogP contribution in [0.4, 0.5) is 0 Å². The van der Waals surface area contributed by atoms with Gasteiger partial charge in [0.2, 0.25) is 0 Å². The van der Waals surface area contributed by atoms with Crippen LogP contribution in [-0.2, 0) is 0 Å². The molecule has 0 nitrogen and oxygen atoms in total. The standard InChI is InChI=1S/C11H13BrS/c1-8-2-4-9(5-3-8)10-6-13-7-11(10)12/h4,6-8H,2-3,5H2,1H3. The van der Waals surface area contributed by atoms with Crippen LogP contribution in [0.3, 0.4) is 0 Å². The average Bonchev–Trinajstić information content (AvgIpc) is 2.53. The second kappa shape index (κ2) is 3.97. The SMILES string of the molecule is CC1CC=C(c2cscc2Br)CC1. The van der Waals surface area contributed by atoms with Gasteiger partial charge in [-0.3, -0.25) is 0 Å². The first-order valence-corrected chi connectivity index (χ1v) is 6.42. The fourth-order valence-electron chi connectivity index (χ4n) is 1.72. The summed E-state index contributed by atoms with van der Waals surface area (Å²) in [5.41, 5.74) is 2.95. The molecule has 0 amide bonds. The van der Waals surface area contributed by atoms with Gasteiger partial charge in [0, 0.05) is 15.4 Å². The van der Waals surface area contributed by atoms with E-state index in [0.717, 1.165) is 5.92 Å². The molecule has 2 heteroatoms. The Balaban J connectivity index is 2.23. The Morgan fingerprint density at radius 1 is 1.46 bits per heavy atom. The van der Waals surface area contributed by atoms with E-state index in [-0.39, 0.29) is 0 Å². The van der Waals surface area contributed by atoms with Crippen molar-refractivity contribution in [2.45, 2.75) is 26.2 Å². The van der Waals surface area contributed by atoms with Crippen molar-refractivity contribution in [3.05, 3.63) is 26.9 Å². The molecule has 0 spiro atoms. The minimum absolute atomic E-state index is 0.876. The highest BCUT2D eigenvalue weighted by Gasteiger charge is 2.13. The van der Waals surface area contributed by atoms with E-state index in [1.807, 2.05) is 0 Å². The second-order valence-corrected chi connectivity index (χ2v) is 5.34. The maximum absolute atomic E-state index is 3.59. The van der Waals surface area contributed by atoms with Gasteiger partial charge in [0.05, 0.1) is 0 Å². The quantitative estimate of drug-likeness (QED) is 0.683. The van der Waals surface area contributed by atoms with Crippen LogP contribution in [0.15, 0.2) is 21.3 Å². The molecule has 1 aliphatic rings. The highest BCUT2D eigenvalue weighted by atomic mass is 79.9. The summed E-state index contributed by atoms with van der Waals surface area (Å²) >= 11 is 5.36. The molecule has 0 aliphatic heterocycles. The molecule has 0 fully saturated rings. The molecule has 1 aliphatic carbocycles. The summed E-state index contributed by atoms with van der Waals surface area (Å²) in [6.07, 6.45) is 6.24. The Hall–Kier alpha value is -0.0800. The third-order valence-electron chi connectivity index (χ3n) is 2.63. The van der Waals surface area contributed by atoms with Gasteiger partial charge in [-0.1, -0.05) is 13.0 Å². The zero-order chi connectivity index (χ0) is 9.26. The van der Waals surface area contributed by atoms with Crippen LogP contribution in [0.25, 0.3) is 5.57 Å².